The molecule has 1 aliphatic heterocycles. The molecule has 0 spiro atoms. The van der Waals surface area contributed by atoms with Gasteiger partial charge in [-0.15, -0.1) is 5.10 Å². The second-order valence-corrected chi connectivity index (χ2v) is 11.4. The van der Waals surface area contributed by atoms with Crippen LogP contribution in [0.5, 0.6) is 5.75 Å². The lowest BCUT2D eigenvalue weighted by Gasteiger charge is -2.28. The number of carbonyl (C=O) groups excluding carboxylic acids is 1. The van der Waals surface area contributed by atoms with Gasteiger partial charge in [0.2, 0.25) is 11.1 Å². The van der Waals surface area contributed by atoms with E-state index in [0.717, 1.165) is 22.4 Å². The highest BCUT2D eigenvalue weighted by Crippen LogP contribution is 2.37. The molecule has 0 bridgehead atoms. The molecule has 1 atom stereocenters. The van der Waals surface area contributed by atoms with Crippen LogP contribution in [0.1, 0.15) is 35.2 Å². The molecule has 2 heterocycles. The fraction of sp³-hybridized carbons (Fsp3) is 0.147. The molecule has 4 aromatic carbocycles. The van der Waals surface area contributed by atoms with Crippen molar-refractivity contribution in [2.75, 3.05) is 5.32 Å². The average Bonchev–Trinajstić information content (AvgIpc) is 3.45. The molecule has 216 valence electrons. The number of hydrogen-bond donors (Lipinski definition) is 1. The monoisotopic (exact) mass is 608 g/mol. The van der Waals surface area contributed by atoms with Gasteiger partial charge in [0, 0.05) is 16.5 Å². The average molecular weight is 609 g/mol. The molecule has 0 fully saturated rings. The minimum Gasteiger partial charge on any atom is -0.489 e. The molecule has 0 radical (unpaired) electrons. The number of nitrogens with zero attached hydrogens (tertiary/aromatic N) is 3. The molecule has 7 nitrogen and oxygen atoms in total. The smallest absolute Gasteiger partial charge is 0.338 e. The largest absolute Gasteiger partial charge is 0.489 e. The van der Waals surface area contributed by atoms with E-state index in [1.54, 1.807) is 16.4 Å². The van der Waals surface area contributed by atoms with Crippen molar-refractivity contribution in [2.45, 2.75) is 37.1 Å². The molecule has 0 saturated carbocycles. The summed E-state index contributed by atoms with van der Waals surface area (Å²) in [4.78, 5) is 18.4. The van der Waals surface area contributed by atoms with Crippen molar-refractivity contribution in [1.82, 2.24) is 14.8 Å². The molecule has 5 aromatic rings. The quantitative estimate of drug-likeness (QED) is 0.128. The summed E-state index contributed by atoms with van der Waals surface area (Å²) in [5, 5.41) is 9.42. The van der Waals surface area contributed by atoms with E-state index in [2.05, 4.69) is 17.4 Å². The summed E-state index contributed by atoms with van der Waals surface area (Å²) in [6, 6.07) is 34.5. The first kappa shape index (κ1) is 28.6. The van der Waals surface area contributed by atoms with Gasteiger partial charge in [0.1, 0.15) is 25.0 Å². The second-order valence-electron chi connectivity index (χ2n) is 10.0. The van der Waals surface area contributed by atoms with Crippen LogP contribution in [0.15, 0.2) is 126 Å². The maximum atomic E-state index is 13.6. The van der Waals surface area contributed by atoms with Crippen LogP contribution in [0.2, 0.25) is 5.02 Å². The highest BCUT2D eigenvalue weighted by Gasteiger charge is 2.35. The Labute approximate surface area is 259 Å². The molecule has 1 N–H and O–H groups in total. The Morgan fingerprint density at radius 1 is 0.860 bits per heavy atom. The summed E-state index contributed by atoms with van der Waals surface area (Å²) >= 11 is 7.55. The maximum Gasteiger partial charge on any atom is 0.338 e. The fourth-order valence-corrected chi connectivity index (χ4v) is 5.69. The number of fused-ring (bicyclic) bond motifs is 1. The zero-order valence-corrected chi connectivity index (χ0v) is 25.0. The molecule has 43 heavy (non-hydrogen) atoms. The molecule has 1 aliphatic rings. The van der Waals surface area contributed by atoms with E-state index in [0.29, 0.717) is 39.8 Å². The first-order chi connectivity index (χ1) is 21.0. The molecule has 1 aromatic heterocycles. The number of hydrogen-bond acceptors (Lipinski definition) is 7. The van der Waals surface area contributed by atoms with E-state index in [1.807, 2.05) is 104 Å². The number of halogens is 1. The predicted octanol–water partition coefficient (Wildman–Crippen LogP) is 7.84. The van der Waals surface area contributed by atoms with Crippen LogP contribution < -0.4 is 10.1 Å². The van der Waals surface area contributed by atoms with Crippen molar-refractivity contribution in [1.29, 1.82) is 0 Å². The van der Waals surface area contributed by atoms with Crippen LogP contribution in [0.4, 0.5) is 5.95 Å². The van der Waals surface area contributed by atoms with Gasteiger partial charge >= 0.3 is 5.97 Å². The Hall–Kier alpha value is -4.53. The zero-order chi connectivity index (χ0) is 29.6. The highest BCUT2D eigenvalue weighted by atomic mass is 35.5. The topological polar surface area (TPSA) is 78.3 Å². The third-order valence-corrected chi connectivity index (χ3v) is 8.15. The van der Waals surface area contributed by atoms with Gasteiger partial charge in [-0.25, -0.2) is 9.48 Å². The lowest BCUT2D eigenvalue weighted by atomic mass is 9.95. The van der Waals surface area contributed by atoms with E-state index in [-0.39, 0.29) is 6.61 Å². The third-order valence-electron chi connectivity index (χ3n) is 6.99. The second kappa shape index (κ2) is 13.2. The first-order valence-corrected chi connectivity index (χ1v) is 15.2. The number of ether oxygens (including phenoxy) is 2. The molecule has 9 heteroatoms. The Balaban J connectivity index is 1.26. The molecule has 0 aliphatic carbocycles. The van der Waals surface area contributed by atoms with Gasteiger partial charge in [-0.2, -0.15) is 4.98 Å². The molecular formula is C34H29ClN4O3S. The highest BCUT2D eigenvalue weighted by molar-refractivity contribution is 7.98. The van der Waals surface area contributed by atoms with Crippen LogP contribution in [-0.4, -0.2) is 20.7 Å². The minimum atomic E-state index is -0.539. The summed E-state index contributed by atoms with van der Waals surface area (Å²) in [6.07, 6.45) is 0. The number of thioether (sulfide) groups is 1. The summed E-state index contributed by atoms with van der Waals surface area (Å²) in [5.74, 6) is 1.59. The van der Waals surface area contributed by atoms with E-state index >= 15 is 0 Å². The SMILES string of the molecule is CC1=C(C(=O)OCc2ccccc2)C(c2ccc(OCc3ccc(Cl)cc3)cc2)n2nc(SCc3ccccc3)nc2N1. The number of allylic oxidation sites excluding steroid dienone is 1. The fourth-order valence-electron chi connectivity index (χ4n) is 4.78. The van der Waals surface area contributed by atoms with Gasteiger partial charge in [0.25, 0.3) is 0 Å². The number of anilines is 1. The number of benzene rings is 4. The molecular weight excluding hydrogens is 580 g/mol. The zero-order valence-electron chi connectivity index (χ0n) is 23.4. The van der Waals surface area contributed by atoms with Gasteiger partial charge in [-0.1, -0.05) is 108 Å². The summed E-state index contributed by atoms with van der Waals surface area (Å²) in [6.45, 7) is 2.45. The van der Waals surface area contributed by atoms with Crippen molar-refractivity contribution in [3.8, 4) is 5.75 Å². The number of nitrogens with one attached hydrogen (secondary N) is 1. The number of carbonyl (C=O) groups is 1. The summed E-state index contributed by atoms with van der Waals surface area (Å²) < 4.78 is 13.6. The van der Waals surface area contributed by atoms with Gasteiger partial charge in [0.15, 0.2) is 0 Å². The van der Waals surface area contributed by atoms with Crippen molar-refractivity contribution in [2.24, 2.45) is 0 Å². The Morgan fingerprint density at radius 3 is 2.21 bits per heavy atom. The number of rotatable bonds is 10. The van der Waals surface area contributed by atoms with Gasteiger partial charge in [0.05, 0.1) is 5.57 Å². The van der Waals surface area contributed by atoms with E-state index < -0.39 is 12.0 Å². The van der Waals surface area contributed by atoms with E-state index in [1.165, 1.54) is 5.56 Å². The number of aromatic nitrogens is 3. The van der Waals surface area contributed by atoms with Crippen molar-refractivity contribution < 1.29 is 14.3 Å². The standard InChI is InChI=1S/C34H29ClN4O3S/c1-23-30(32(40)42-21-24-8-4-2-5-9-24)31(27-14-18-29(19-15-27)41-20-25-12-16-28(35)17-13-25)39-33(36-23)37-34(38-39)43-22-26-10-6-3-7-11-26/h2-19,31H,20-22H2,1H3,(H,36,37,38). The maximum absolute atomic E-state index is 13.6. The Morgan fingerprint density at radius 2 is 1.51 bits per heavy atom. The van der Waals surface area contributed by atoms with Crippen LogP contribution in [-0.2, 0) is 28.5 Å². The van der Waals surface area contributed by atoms with Crippen molar-refractivity contribution in [3.63, 3.8) is 0 Å². The van der Waals surface area contributed by atoms with Crippen molar-refractivity contribution >= 4 is 35.3 Å². The van der Waals surface area contributed by atoms with Crippen LogP contribution >= 0.6 is 23.4 Å². The van der Waals surface area contributed by atoms with Crippen LogP contribution in [0.3, 0.4) is 0 Å². The number of esters is 1. The van der Waals surface area contributed by atoms with Crippen LogP contribution in [0.25, 0.3) is 0 Å². The Bertz CT molecular complexity index is 1720. The summed E-state index contributed by atoms with van der Waals surface area (Å²) in [5.41, 5.74) is 5.11. The van der Waals surface area contributed by atoms with Crippen molar-refractivity contribution in [3.05, 3.63) is 148 Å². The van der Waals surface area contributed by atoms with Gasteiger partial charge in [-0.3, -0.25) is 0 Å². The summed E-state index contributed by atoms with van der Waals surface area (Å²) in [7, 11) is 0. The molecule has 6 rings (SSSR count). The molecule has 0 saturated heterocycles. The minimum absolute atomic E-state index is 0.170. The van der Waals surface area contributed by atoms with Gasteiger partial charge < -0.3 is 14.8 Å². The van der Waals surface area contributed by atoms with E-state index in [4.69, 9.17) is 31.2 Å². The Kier molecular flexibility index (Phi) is 8.77. The lowest BCUT2D eigenvalue weighted by Crippen LogP contribution is -2.29. The van der Waals surface area contributed by atoms with Crippen LogP contribution in [0, 0.1) is 0 Å². The third kappa shape index (κ3) is 6.93. The first-order valence-electron chi connectivity index (χ1n) is 13.8. The molecule has 1 unspecified atom stereocenters. The molecule has 0 amide bonds. The van der Waals surface area contributed by atoms with E-state index in [9.17, 15) is 4.79 Å². The lowest BCUT2D eigenvalue weighted by molar-refractivity contribution is -0.140. The van der Waals surface area contributed by atoms with Gasteiger partial charge in [-0.05, 0) is 53.4 Å². The normalized spacial score (nSPS) is 14.1. The predicted molar refractivity (Wildman–Crippen MR) is 169 cm³/mol.